The first-order valence-electron chi connectivity index (χ1n) is 6.58. The monoisotopic (exact) mass is 233 g/mol. The second kappa shape index (κ2) is 4.61. The number of Topliss-reactive ketones (excluding diaryl/α,β-unsaturated/α-hetero) is 1. The van der Waals surface area contributed by atoms with Crippen molar-refractivity contribution < 1.29 is 4.79 Å². The molecule has 3 rings (SSSR count). The Morgan fingerprint density at radius 3 is 3.06 bits per heavy atom. The van der Waals surface area contributed by atoms with Crippen molar-refractivity contribution in [3.63, 3.8) is 0 Å². The van der Waals surface area contributed by atoms with E-state index in [-0.39, 0.29) is 11.7 Å². The number of rotatable bonds is 4. The van der Waals surface area contributed by atoms with Crippen LogP contribution in [0.3, 0.4) is 0 Å². The van der Waals surface area contributed by atoms with Gasteiger partial charge in [0.1, 0.15) is 0 Å². The average Bonchev–Trinajstić information content (AvgIpc) is 2.99. The predicted molar refractivity (Wildman–Crippen MR) is 64.8 cm³/mol. The number of piperidine rings is 1. The highest BCUT2D eigenvalue weighted by Crippen LogP contribution is 2.31. The van der Waals surface area contributed by atoms with Crippen LogP contribution in [0.4, 0.5) is 0 Å². The van der Waals surface area contributed by atoms with Gasteiger partial charge in [-0.15, -0.1) is 0 Å². The molecule has 1 aromatic rings. The summed E-state index contributed by atoms with van der Waals surface area (Å²) in [5, 5.41) is 6.57. The van der Waals surface area contributed by atoms with Gasteiger partial charge in [0.05, 0.1) is 11.8 Å². The molecule has 4 nitrogen and oxygen atoms in total. The van der Waals surface area contributed by atoms with Crippen LogP contribution in [0, 0.1) is 11.8 Å². The molecule has 1 saturated carbocycles. The van der Waals surface area contributed by atoms with E-state index in [4.69, 9.17) is 0 Å². The number of hydrogen-bond donors (Lipinski definition) is 1. The number of carbonyl (C=O) groups is 1. The average molecular weight is 233 g/mol. The minimum Gasteiger partial charge on any atom is -0.302 e. The number of ketones is 1. The van der Waals surface area contributed by atoms with Crippen LogP contribution in [-0.2, 0) is 0 Å². The zero-order valence-electron chi connectivity index (χ0n) is 10.1. The molecule has 1 N–H and O–H groups in total. The maximum absolute atomic E-state index is 12.2. The van der Waals surface area contributed by atoms with Crippen LogP contribution in [0.25, 0.3) is 0 Å². The van der Waals surface area contributed by atoms with Gasteiger partial charge < -0.3 is 4.90 Å². The van der Waals surface area contributed by atoms with Crippen molar-refractivity contribution in [2.24, 2.45) is 11.8 Å². The second-order valence-electron chi connectivity index (χ2n) is 5.39. The van der Waals surface area contributed by atoms with Gasteiger partial charge >= 0.3 is 0 Å². The smallest absolute Gasteiger partial charge is 0.170 e. The Hall–Kier alpha value is -1.16. The number of likely N-dealkylation sites (tertiary alicyclic amines) is 1. The normalized spacial score (nSPS) is 26.0. The van der Waals surface area contributed by atoms with Gasteiger partial charge in [0, 0.05) is 25.2 Å². The number of aromatic nitrogens is 2. The van der Waals surface area contributed by atoms with E-state index < -0.39 is 0 Å². The van der Waals surface area contributed by atoms with Gasteiger partial charge in [0.2, 0.25) is 0 Å². The Bertz CT molecular complexity index is 383. The Morgan fingerprint density at radius 1 is 1.47 bits per heavy atom. The summed E-state index contributed by atoms with van der Waals surface area (Å²) >= 11 is 0. The van der Waals surface area contributed by atoms with E-state index in [1.807, 2.05) is 0 Å². The summed E-state index contributed by atoms with van der Waals surface area (Å²) in [4.78, 5) is 14.7. The number of nitrogens with one attached hydrogen (secondary N) is 1. The fourth-order valence-electron chi connectivity index (χ4n) is 2.72. The molecule has 92 valence electrons. The van der Waals surface area contributed by atoms with Crippen LogP contribution in [0.1, 0.15) is 36.0 Å². The molecule has 2 fully saturated rings. The zero-order chi connectivity index (χ0) is 11.7. The number of H-pyrrole nitrogens is 1. The minimum absolute atomic E-state index is 0.181. The second-order valence-corrected chi connectivity index (χ2v) is 5.39. The molecule has 0 amide bonds. The topological polar surface area (TPSA) is 49.0 Å². The van der Waals surface area contributed by atoms with Gasteiger partial charge in [-0.2, -0.15) is 5.10 Å². The Kier molecular flexibility index (Phi) is 2.97. The molecule has 1 aromatic heterocycles. The van der Waals surface area contributed by atoms with Crippen molar-refractivity contribution in [3.05, 3.63) is 18.0 Å². The molecular weight excluding hydrogens is 214 g/mol. The van der Waals surface area contributed by atoms with E-state index in [0.29, 0.717) is 0 Å². The number of aromatic amines is 1. The molecule has 1 aliphatic heterocycles. The predicted octanol–water partition coefficient (Wildman–Crippen LogP) is 1.71. The molecule has 0 bridgehead atoms. The quantitative estimate of drug-likeness (QED) is 0.805. The number of nitrogens with zero attached hydrogens (tertiary/aromatic N) is 2. The lowest BCUT2D eigenvalue weighted by Crippen LogP contribution is -2.39. The van der Waals surface area contributed by atoms with Crippen LogP contribution in [0.5, 0.6) is 0 Å². The third-order valence-electron chi connectivity index (χ3n) is 3.87. The van der Waals surface area contributed by atoms with E-state index in [1.54, 1.807) is 12.4 Å². The van der Waals surface area contributed by atoms with E-state index in [0.717, 1.165) is 30.9 Å². The van der Waals surface area contributed by atoms with Crippen LogP contribution >= 0.6 is 0 Å². The highest BCUT2D eigenvalue weighted by atomic mass is 16.1. The highest BCUT2D eigenvalue weighted by molar-refractivity contribution is 5.97. The molecule has 17 heavy (non-hydrogen) atoms. The zero-order valence-corrected chi connectivity index (χ0v) is 10.1. The molecule has 1 unspecified atom stereocenters. The van der Waals surface area contributed by atoms with E-state index in [2.05, 4.69) is 15.1 Å². The van der Waals surface area contributed by atoms with Gasteiger partial charge in [-0.25, -0.2) is 0 Å². The molecule has 0 spiro atoms. The van der Waals surface area contributed by atoms with Crippen LogP contribution < -0.4 is 0 Å². The first kappa shape index (κ1) is 11.0. The molecule has 2 heterocycles. The number of hydrogen-bond acceptors (Lipinski definition) is 3. The summed E-state index contributed by atoms with van der Waals surface area (Å²) in [5.74, 6) is 1.36. The first-order valence-corrected chi connectivity index (χ1v) is 6.58. The largest absolute Gasteiger partial charge is 0.302 e. The summed E-state index contributed by atoms with van der Waals surface area (Å²) in [7, 11) is 0. The summed E-state index contributed by atoms with van der Waals surface area (Å²) in [6.07, 6.45) is 8.31. The third kappa shape index (κ3) is 2.57. The molecule has 0 radical (unpaired) electrons. The lowest BCUT2D eigenvalue weighted by molar-refractivity contribution is 0.0814. The fourth-order valence-corrected chi connectivity index (χ4v) is 2.72. The van der Waals surface area contributed by atoms with Crippen molar-refractivity contribution in [3.8, 4) is 0 Å². The Balaban J connectivity index is 1.60. The van der Waals surface area contributed by atoms with Gasteiger partial charge in [-0.1, -0.05) is 0 Å². The summed E-state index contributed by atoms with van der Waals surface area (Å²) in [6.45, 7) is 3.32. The Labute approximate surface area is 101 Å². The maximum Gasteiger partial charge on any atom is 0.170 e. The van der Waals surface area contributed by atoms with Crippen LogP contribution in [0.15, 0.2) is 12.4 Å². The third-order valence-corrected chi connectivity index (χ3v) is 3.87. The van der Waals surface area contributed by atoms with E-state index in [9.17, 15) is 4.79 Å². The summed E-state index contributed by atoms with van der Waals surface area (Å²) < 4.78 is 0. The van der Waals surface area contributed by atoms with Crippen molar-refractivity contribution in [2.45, 2.75) is 25.7 Å². The SMILES string of the molecule is O=C(c1cn[nH]c1)C1CCCN(CC2CC2)C1. The van der Waals surface area contributed by atoms with Crippen LogP contribution in [-0.4, -0.2) is 40.5 Å². The van der Waals surface area contributed by atoms with E-state index >= 15 is 0 Å². The molecule has 1 saturated heterocycles. The first-order chi connectivity index (χ1) is 8.33. The van der Waals surface area contributed by atoms with Crippen LogP contribution in [0.2, 0.25) is 0 Å². The molecule has 4 heteroatoms. The van der Waals surface area contributed by atoms with Gasteiger partial charge in [-0.05, 0) is 38.1 Å². The number of carbonyl (C=O) groups excluding carboxylic acids is 1. The molecular formula is C13H19N3O. The van der Waals surface area contributed by atoms with Gasteiger partial charge in [0.25, 0.3) is 0 Å². The van der Waals surface area contributed by atoms with Crippen molar-refractivity contribution >= 4 is 5.78 Å². The summed E-state index contributed by atoms with van der Waals surface area (Å²) in [6, 6.07) is 0. The van der Waals surface area contributed by atoms with Gasteiger partial charge in [-0.3, -0.25) is 9.89 Å². The lowest BCUT2D eigenvalue weighted by atomic mass is 9.91. The van der Waals surface area contributed by atoms with Crippen molar-refractivity contribution in [2.75, 3.05) is 19.6 Å². The maximum atomic E-state index is 12.2. The van der Waals surface area contributed by atoms with Gasteiger partial charge in [0.15, 0.2) is 5.78 Å². The van der Waals surface area contributed by atoms with E-state index in [1.165, 1.54) is 25.9 Å². The molecule has 1 atom stereocenters. The van der Waals surface area contributed by atoms with Crippen molar-refractivity contribution in [1.29, 1.82) is 0 Å². The van der Waals surface area contributed by atoms with Crippen molar-refractivity contribution in [1.82, 2.24) is 15.1 Å². The molecule has 1 aliphatic carbocycles. The standard InChI is InChI=1S/C13H19N3O/c17-13(12-6-14-15-7-12)11-2-1-5-16(9-11)8-10-3-4-10/h6-7,10-11H,1-5,8-9H2,(H,14,15). The molecule has 0 aromatic carbocycles. The fraction of sp³-hybridized carbons (Fsp3) is 0.692. The highest BCUT2D eigenvalue weighted by Gasteiger charge is 2.30. The lowest BCUT2D eigenvalue weighted by Gasteiger charge is -2.31. The summed E-state index contributed by atoms with van der Waals surface area (Å²) in [5.41, 5.74) is 0.739. The molecule has 2 aliphatic rings. The Morgan fingerprint density at radius 2 is 2.35 bits per heavy atom. The minimum atomic E-state index is 0.181.